The molecule has 0 aromatic carbocycles. The molecule has 2 rings (SSSR count). The lowest BCUT2D eigenvalue weighted by Gasteiger charge is -2.37. The van der Waals surface area contributed by atoms with E-state index in [-0.39, 0.29) is 16.6 Å². The van der Waals surface area contributed by atoms with Crippen LogP contribution in [0.1, 0.15) is 73.6 Å². The first-order valence-electron chi connectivity index (χ1n) is 10.8. The van der Waals surface area contributed by atoms with Gasteiger partial charge >= 0.3 is 0 Å². The summed E-state index contributed by atoms with van der Waals surface area (Å²) in [5.41, 5.74) is -0.0654. The predicted octanol–water partition coefficient (Wildman–Crippen LogP) is 3.41. The highest BCUT2D eigenvalue weighted by atomic mass is 16.5. The number of carbonyl (C=O) groups is 1. The van der Waals surface area contributed by atoms with E-state index in [9.17, 15) is 4.79 Å². The Morgan fingerprint density at radius 2 is 1.89 bits per heavy atom. The standard InChI is InChI=1S/C22H42N2O3/c1-20(2,3)19(25)9-12-23-13-15-26-16-18-8-11-22(10-7-14-24(18)22)17-27-21(4,5)6/h18,23H,7-17H2,1-6H3/t18-,22-/m1/s1. The molecule has 2 aliphatic rings. The second-order valence-electron chi connectivity index (χ2n) is 10.4. The van der Waals surface area contributed by atoms with Gasteiger partial charge in [-0.25, -0.2) is 0 Å². The van der Waals surface area contributed by atoms with Gasteiger partial charge in [-0.1, -0.05) is 20.8 Å². The zero-order valence-electron chi connectivity index (χ0n) is 18.5. The Hall–Kier alpha value is -0.490. The van der Waals surface area contributed by atoms with Gasteiger partial charge in [-0.15, -0.1) is 0 Å². The highest BCUT2D eigenvalue weighted by Crippen LogP contribution is 2.43. The second kappa shape index (κ2) is 9.34. The molecular formula is C22H42N2O3. The number of ether oxygens (including phenoxy) is 2. The lowest BCUT2D eigenvalue weighted by Crippen LogP contribution is -2.48. The first kappa shape index (κ1) is 22.8. The maximum Gasteiger partial charge on any atom is 0.139 e. The van der Waals surface area contributed by atoms with Crippen molar-refractivity contribution < 1.29 is 14.3 Å². The van der Waals surface area contributed by atoms with Crippen LogP contribution in [0.2, 0.25) is 0 Å². The Morgan fingerprint density at radius 1 is 1.15 bits per heavy atom. The van der Waals surface area contributed by atoms with E-state index in [1.165, 1.54) is 32.2 Å². The summed E-state index contributed by atoms with van der Waals surface area (Å²) in [6.45, 7) is 17.4. The molecule has 5 nitrogen and oxygen atoms in total. The monoisotopic (exact) mass is 382 g/mol. The van der Waals surface area contributed by atoms with E-state index in [1.54, 1.807) is 0 Å². The van der Waals surface area contributed by atoms with Gasteiger partial charge in [0.05, 0.1) is 25.4 Å². The molecule has 158 valence electrons. The van der Waals surface area contributed by atoms with Crippen molar-refractivity contribution in [1.29, 1.82) is 0 Å². The molecule has 0 saturated carbocycles. The summed E-state index contributed by atoms with van der Waals surface area (Å²) in [5, 5.41) is 3.33. The number of fused-ring (bicyclic) bond motifs is 1. The smallest absolute Gasteiger partial charge is 0.139 e. The van der Waals surface area contributed by atoms with E-state index < -0.39 is 0 Å². The number of nitrogens with one attached hydrogen (secondary N) is 1. The summed E-state index contributed by atoms with van der Waals surface area (Å²) in [6.07, 6.45) is 5.55. The van der Waals surface area contributed by atoms with Crippen molar-refractivity contribution in [3.8, 4) is 0 Å². The Balaban J connectivity index is 1.62. The molecule has 27 heavy (non-hydrogen) atoms. The third kappa shape index (κ3) is 6.81. The molecule has 2 atom stereocenters. The molecule has 1 N–H and O–H groups in total. The fraction of sp³-hybridized carbons (Fsp3) is 0.955. The van der Waals surface area contributed by atoms with Crippen LogP contribution in [0.5, 0.6) is 0 Å². The van der Waals surface area contributed by atoms with Gasteiger partial charge < -0.3 is 14.8 Å². The molecule has 0 radical (unpaired) electrons. The summed E-state index contributed by atoms with van der Waals surface area (Å²) in [6, 6.07) is 0.526. The van der Waals surface area contributed by atoms with Crippen LogP contribution in [0, 0.1) is 5.41 Å². The van der Waals surface area contributed by atoms with Crippen LogP contribution in [0.15, 0.2) is 0 Å². The highest BCUT2D eigenvalue weighted by Gasteiger charge is 2.49. The molecule has 2 saturated heterocycles. The Labute approximate surface area is 166 Å². The topological polar surface area (TPSA) is 50.8 Å². The summed E-state index contributed by atoms with van der Waals surface area (Å²) < 4.78 is 12.1. The summed E-state index contributed by atoms with van der Waals surface area (Å²) >= 11 is 0. The average Bonchev–Trinajstić information content (AvgIpc) is 3.10. The second-order valence-corrected chi connectivity index (χ2v) is 10.4. The molecule has 0 amide bonds. The molecule has 0 aromatic heterocycles. The van der Waals surface area contributed by atoms with Gasteiger partial charge in [-0.3, -0.25) is 9.69 Å². The molecule has 0 bridgehead atoms. The van der Waals surface area contributed by atoms with E-state index in [0.29, 0.717) is 24.9 Å². The molecule has 2 aliphatic heterocycles. The van der Waals surface area contributed by atoms with Gasteiger partial charge in [0.2, 0.25) is 0 Å². The number of carbonyl (C=O) groups excluding carboxylic acids is 1. The van der Waals surface area contributed by atoms with E-state index in [4.69, 9.17) is 9.47 Å². The predicted molar refractivity (Wildman–Crippen MR) is 110 cm³/mol. The number of Topliss-reactive ketones (excluding diaryl/α,β-unsaturated/α-hetero) is 1. The minimum Gasteiger partial charge on any atom is -0.379 e. The Morgan fingerprint density at radius 3 is 2.56 bits per heavy atom. The van der Waals surface area contributed by atoms with Gasteiger partial charge in [-0.05, 0) is 53.0 Å². The van der Waals surface area contributed by atoms with Crippen molar-refractivity contribution in [3.05, 3.63) is 0 Å². The SMILES string of the molecule is CC(C)(C)OC[C@]12CCCN1[C@@H](COCCNCCC(=O)C(C)(C)C)CC2. The van der Waals surface area contributed by atoms with Crippen molar-refractivity contribution in [2.24, 2.45) is 5.41 Å². The fourth-order valence-corrected chi connectivity index (χ4v) is 4.21. The van der Waals surface area contributed by atoms with Crippen molar-refractivity contribution in [2.75, 3.05) is 39.5 Å². The molecule has 0 aliphatic carbocycles. The van der Waals surface area contributed by atoms with Crippen LogP contribution >= 0.6 is 0 Å². The zero-order valence-corrected chi connectivity index (χ0v) is 18.5. The normalized spacial score (nSPS) is 26.5. The molecule has 5 heteroatoms. The van der Waals surface area contributed by atoms with E-state index in [0.717, 1.165) is 26.3 Å². The molecule has 0 aromatic rings. The lowest BCUT2D eigenvalue weighted by atomic mass is 9.89. The number of hydrogen-bond donors (Lipinski definition) is 1. The van der Waals surface area contributed by atoms with Gasteiger partial charge in [0.1, 0.15) is 5.78 Å². The molecular weight excluding hydrogens is 340 g/mol. The zero-order chi connectivity index (χ0) is 20.1. The summed E-state index contributed by atoms with van der Waals surface area (Å²) in [5.74, 6) is 0.310. The minimum absolute atomic E-state index is 0.0718. The van der Waals surface area contributed by atoms with Gasteiger partial charge in [0.15, 0.2) is 0 Å². The van der Waals surface area contributed by atoms with Crippen LogP contribution in [0.3, 0.4) is 0 Å². The van der Waals surface area contributed by atoms with Crippen LogP contribution in [0.25, 0.3) is 0 Å². The van der Waals surface area contributed by atoms with Gasteiger partial charge in [-0.2, -0.15) is 0 Å². The van der Waals surface area contributed by atoms with Crippen LogP contribution in [-0.2, 0) is 14.3 Å². The maximum atomic E-state index is 11.9. The van der Waals surface area contributed by atoms with Gasteiger partial charge in [0, 0.05) is 36.5 Å². The van der Waals surface area contributed by atoms with Crippen molar-refractivity contribution >= 4 is 5.78 Å². The van der Waals surface area contributed by atoms with Crippen molar-refractivity contribution in [3.63, 3.8) is 0 Å². The van der Waals surface area contributed by atoms with Gasteiger partial charge in [0.25, 0.3) is 0 Å². The molecule has 0 unspecified atom stereocenters. The van der Waals surface area contributed by atoms with Crippen molar-refractivity contribution in [2.45, 2.75) is 90.8 Å². The first-order chi connectivity index (χ1) is 12.5. The number of nitrogens with zero attached hydrogens (tertiary/aromatic N) is 1. The third-order valence-corrected chi connectivity index (χ3v) is 5.91. The summed E-state index contributed by atoms with van der Waals surface area (Å²) in [7, 11) is 0. The van der Waals surface area contributed by atoms with E-state index >= 15 is 0 Å². The van der Waals surface area contributed by atoms with Crippen LogP contribution in [0.4, 0.5) is 0 Å². The van der Waals surface area contributed by atoms with E-state index in [1.807, 2.05) is 20.8 Å². The molecule has 2 heterocycles. The number of hydrogen-bond acceptors (Lipinski definition) is 5. The quantitative estimate of drug-likeness (QED) is 0.587. The summed E-state index contributed by atoms with van der Waals surface area (Å²) in [4.78, 5) is 14.6. The molecule has 0 spiro atoms. The molecule has 2 fully saturated rings. The highest BCUT2D eigenvalue weighted by molar-refractivity contribution is 5.83. The van der Waals surface area contributed by atoms with Crippen molar-refractivity contribution in [1.82, 2.24) is 10.2 Å². The maximum absolute atomic E-state index is 11.9. The Kier molecular flexibility index (Phi) is 7.88. The average molecular weight is 383 g/mol. The Bertz CT molecular complexity index is 481. The third-order valence-electron chi connectivity index (χ3n) is 5.91. The lowest BCUT2D eigenvalue weighted by molar-refractivity contribution is -0.126. The largest absolute Gasteiger partial charge is 0.379 e. The first-order valence-corrected chi connectivity index (χ1v) is 10.8. The number of ketones is 1. The van der Waals surface area contributed by atoms with Crippen LogP contribution in [-0.4, -0.2) is 67.3 Å². The van der Waals surface area contributed by atoms with E-state index in [2.05, 4.69) is 31.0 Å². The minimum atomic E-state index is -0.237. The fourth-order valence-electron chi connectivity index (χ4n) is 4.21. The number of rotatable bonds is 10. The van der Waals surface area contributed by atoms with Crippen LogP contribution < -0.4 is 5.32 Å².